The highest BCUT2D eigenvalue weighted by Crippen LogP contribution is 2.25. The summed E-state index contributed by atoms with van der Waals surface area (Å²) in [6.07, 6.45) is -0.981. The summed E-state index contributed by atoms with van der Waals surface area (Å²) in [5.41, 5.74) is 3.73. The molecule has 3 aromatic carbocycles. The molecule has 0 aliphatic heterocycles. The second-order valence-corrected chi connectivity index (χ2v) is 6.29. The minimum absolute atomic E-state index is 0.238. The van der Waals surface area contributed by atoms with E-state index in [1.165, 1.54) is 0 Å². The van der Waals surface area contributed by atoms with E-state index < -0.39 is 12.1 Å². The van der Waals surface area contributed by atoms with Crippen LogP contribution in [0.3, 0.4) is 0 Å². The van der Waals surface area contributed by atoms with E-state index in [2.05, 4.69) is 0 Å². The number of carbonyl (C=O) groups is 2. The molecule has 1 atom stereocenters. The Morgan fingerprint density at radius 1 is 0.692 bits per heavy atom. The van der Waals surface area contributed by atoms with Crippen molar-refractivity contribution < 1.29 is 14.3 Å². The topological polar surface area (TPSA) is 43.4 Å². The molecule has 3 nitrogen and oxygen atoms in total. The van der Waals surface area contributed by atoms with Gasteiger partial charge in [-0.3, -0.25) is 4.79 Å². The molecule has 3 aromatic rings. The van der Waals surface area contributed by atoms with Gasteiger partial charge in [-0.05, 0) is 26.0 Å². The van der Waals surface area contributed by atoms with Gasteiger partial charge in [-0.1, -0.05) is 77.9 Å². The smallest absolute Gasteiger partial charge is 0.339 e. The number of hydrogen-bond donors (Lipinski definition) is 0. The SMILES string of the molecule is Cc1ccc(C(=O)C(OC(=O)c2ccccc2)c2ccc(C)cc2)cc1. The van der Waals surface area contributed by atoms with E-state index in [4.69, 9.17) is 4.74 Å². The van der Waals surface area contributed by atoms with E-state index in [9.17, 15) is 9.59 Å². The van der Waals surface area contributed by atoms with Crippen molar-refractivity contribution in [3.63, 3.8) is 0 Å². The first kappa shape index (κ1) is 17.6. The number of hydrogen-bond acceptors (Lipinski definition) is 3. The monoisotopic (exact) mass is 344 g/mol. The molecule has 0 fully saturated rings. The quantitative estimate of drug-likeness (QED) is 0.478. The van der Waals surface area contributed by atoms with Gasteiger partial charge >= 0.3 is 5.97 Å². The number of ketones is 1. The average Bonchev–Trinajstić information content (AvgIpc) is 2.67. The molecular weight excluding hydrogens is 324 g/mol. The van der Waals surface area contributed by atoms with Crippen LogP contribution in [0.2, 0.25) is 0 Å². The van der Waals surface area contributed by atoms with Crippen molar-refractivity contribution in [1.29, 1.82) is 0 Å². The molecule has 0 aliphatic carbocycles. The van der Waals surface area contributed by atoms with E-state index in [1.54, 1.807) is 36.4 Å². The minimum Gasteiger partial charge on any atom is -0.445 e. The fraction of sp³-hybridized carbons (Fsp3) is 0.130. The first-order valence-electron chi connectivity index (χ1n) is 8.48. The van der Waals surface area contributed by atoms with Crippen LogP contribution in [0.15, 0.2) is 78.9 Å². The van der Waals surface area contributed by atoms with Crippen LogP contribution in [-0.4, -0.2) is 11.8 Å². The van der Waals surface area contributed by atoms with Gasteiger partial charge in [0.1, 0.15) is 0 Å². The lowest BCUT2D eigenvalue weighted by molar-refractivity contribution is 0.0280. The number of carbonyl (C=O) groups excluding carboxylic acids is 2. The summed E-state index contributed by atoms with van der Waals surface area (Å²) in [5, 5.41) is 0. The molecule has 26 heavy (non-hydrogen) atoms. The molecule has 0 aliphatic rings. The maximum absolute atomic E-state index is 13.0. The molecule has 0 amide bonds. The molecule has 0 saturated carbocycles. The third-order valence-corrected chi connectivity index (χ3v) is 4.19. The van der Waals surface area contributed by atoms with Crippen LogP contribution in [0.4, 0.5) is 0 Å². The summed E-state index contributed by atoms with van der Waals surface area (Å²) in [5.74, 6) is -0.755. The van der Waals surface area contributed by atoms with Gasteiger partial charge in [0.15, 0.2) is 6.10 Å². The number of Topliss-reactive ketones (excluding diaryl/α,β-unsaturated/α-hetero) is 1. The zero-order chi connectivity index (χ0) is 18.5. The van der Waals surface area contributed by atoms with E-state index in [-0.39, 0.29) is 5.78 Å². The molecule has 0 heterocycles. The second kappa shape index (κ2) is 7.79. The van der Waals surface area contributed by atoms with Gasteiger partial charge in [0.25, 0.3) is 0 Å². The van der Waals surface area contributed by atoms with Gasteiger partial charge < -0.3 is 4.74 Å². The third-order valence-electron chi connectivity index (χ3n) is 4.19. The Hall–Kier alpha value is -3.20. The van der Waals surface area contributed by atoms with Crippen molar-refractivity contribution in [2.45, 2.75) is 20.0 Å². The molecule has 1 unspecified atom stereocenters. The predicted molar refractivity (Wildman–Crippen MR) is 101 cm³/mol. The van der Waals surface area contributed by atoms with Gasteiger partial charge in [-0.25, -0.2) is 4.79 Å². The van der Waals surface area contributed by atoms with Gasteiger partial charge in [0, 0.05) is 11.1 Å². The average molecular weight is 344 g/mol. The summed E-state index contributed by atoms with van der Waals surface area (Å²) >= 11 is 0. The van der Waals surface area contributed by atoms with Crippen molar-refractivity contribution in [3.05, 3.63) is 107 Å². The number of rotatable bonds is 5. The summed E-state index contributed by atoms with van der Waals surface area (Å²) < 4.78 is 5.62. The number of aryl methyl sites for hydroxylation is 2. The molecule has 3 heteroatoms. The Balaban J connectivity index is 1.93. The first-order valence-corrected chi connectivity index (χ1v) is 8.48. The Bertz CT molecular complexity index is 894. The summed E-state index contributed by atoms with van der Waals surface area (Å²) in [6.45, 7) is 3.93. The maximum Gasteiger partial charge on any atom is 0.339 e. The molecule has 0 radical (unpaired) electrons. The molecule has 0 spiro atoms. The molecule has 0 saturated heterocycles. The predicted octanol–water partition coefficient (Wildman–Crippen LogP) is 5.08. The summed E-state index contributed by atoms with van der Waals surface area (Å²) in [6, 6.07) is 23.4. The standard InChI is InChI=1S/C23H20O3/c1-16-8-12-18(13-9-16)21(24)22(19-14-10-17(2)11-15-19)26-23(25)20-6-4-3-5-7-20/h3-15,22H,1-2H3. The maximum atomic E-state index is 13.0. The summed E-state index contributed by atoms with van der Waals surface area (Å²) in [7, 11) is 0. The lowest BCUT2D eigenvalue weighted by atomic mass is 9.98. The molecule has 0 aromatic heterocycles. The first-order chi connectivity index (χ1) is 12.5. The van der Waals surface area contributed by atoms with Crippen LogP contribution in [0.25, 0.3) is 0 Å². The lowest BCUT2D eigenvalue weighted by Gasteiger charge is -2.18. The fourth-order valence-corrected chi connectivity index (χ4v) is 2.63. The number of ether oxygens (including phenoxy) is 1. The Morgan fingerprint density at radius 3 is 1.81 bits per heavy atom. The van der Waals surface area contributed by atoms with Crippen molar-refractivity contribution >= 4 is 11.8 Å². The zero-order valence-corrected chi connectivity index (χ0v) is 14.8. The summed E-state index contributed by atoms with van der Waals surface area (Å²) in [4.78, 5) is 25.5. The lowest BCUT2D eigenvalue weighted by Crippen LogP contribution is -2.20. The molecule has 130 valence electrons. The largest absolute Gasteiger partial charge is 0.445 e. The number of benzene rings is 3. The van der Waals surface area contributed by atoms with Crippen LogP contribution in [0.1, 0.15) is 43.5 Å². The van der Waals surface area contributed by atoms with Crippen LogP contribution < -0.4 is 0 Å². The highest BCUT2D eigenvalue weighted by Gasteiger charge is 2.26. The molecule has 0 bridgehead atoms. The Labute approximate surface area is 153 Å². The van der Waals surface area contributed by atoms with Crippen molar-refractivity contribution in [2.75, 3.05) is 0 Å². The van der Waals surface area contributed by atoms with Crippen molar-refractivity contribution in [1.82, 2.24) is 0 Å². The normalized spacial score (nSPS) is 11.6. The Kier molecular flexibility index (Phi) is 5.28. The van der Waals surface area contributed by atoms with E-state index >= 15 is 0 Å². The highest BCUT2D eigenvalue weighted by molar-refractivity contribution is 6.02. The number of esters is 1. The van der Waals surface area contributed by atoms with Crippen molar-refractivity contribution in [2.24, 2.45) is 0 Å². The van der Waals surface area contributed by atoms with Gasteiger partial charge in [0.2, 0.25) is 5.78 Å². The van der Waals surface area contributed by atoms with Crippen LogP contribution in [0, 0.1) is 13.8 Å². The van der Waals surface area contributed by atoms with Gasteiger partial charge in [-0.15, -0.1) is 0 Å². The zero-order valence-electron chi connectivity index (χ0n) is 14.8. The van der Waals surface area contributed by atoms with Crippen LogP contribution in [0.5, 0.6) is 0 Å². The van der Waals surface area contributed by atoms with Crippen molar-refractivity contribution in [3.8, 4) is 0 Å². The molecule has 3 rings (SSSR count). The van der Waals surface area contributed by atoms with E-state index in [0.29, 0.717) is 16.7 Å². The van der Waals surface area contributed by atoms with Gasteiger partial charge in [0.05, 0.1) is 5.56 Å². The fourth-order valence-electron chi connectivity index (χ4n) is 2.63. The molecular formula is C23H20O3. The van der Waals surface area contributed by atoms with Gasteiger partial charge in [-0.2, -0.15) is 0 Å². The Morgan fingerprint density at radius 2 is 1.23 bits per heavy atom. The second-order valence-electron chi connectivity index (χ2n) is 6.29. The van der Waals surface area contributed by atoms with E-state index in [0.717, 1.165) is 11.1 Å². The van der Waals surface area contributed by atoms with Crippen LogP contribution >= 0.6 is 0 Å². The molecule has 0 N–H and O–H groups in total. The van der Waals surface area contributed by atoms with Crippen LogP contribution in [-0.2, 0) is 4.74 Å². The highest BCUT2D eigenvalue weighted by atomic mass is 16.5. The van der Waals surface area contributed by atoms with E-state index in [1.807, 2.05) is 56.3 Å². The third kappa shape index (κ3) is 4.06. The minimum atomic E-state index is -0.981.